The number of benzene rings is 2. The summed E-state index contributed by atoms with van der Waals surface area (Å²) in [4.78, 5) is 11.8. The standard InChI is InChI=1S/C16H14N2O3/c1-20-14-9-7-13(8-10-14)15-17-21-16(19)18(15)11-12-5-3-2-4-6-12/h2-10H,11H2,1H3. The molecule has 0 amide bonds. The maximum atomic E-state index is 11.8. The van der Waals surface area contributed by atoms with Crippen LogP contribution in [-0.4, -0.2) is 16.8 Å². The van der Waals surface area contributed by atoms with Gasteiger partial charge < -0.3 is 4.74 Å². The van der Waals surface area contributed by atoms with E-state index >= 15 is 0 Å². The fraction of sp³-hybridized carbons (Fsp3) is 0.125. The molecule has 5 heteroatoms. The van der Waals surface area contributed by atoms with Gasteiger partial charge in [0.2, 0.25) is 0 Å². The third kappa shape index (κ3) is 2.72. The van der Waals surface area contributed by atoms with Crippen LogP contribution in [0.25, 0.3) is 11.4 Å². The largest absolute Gasteiger partial charge is 0.497 e. The molecule has 3 aromatic rings. The molecule has 0 N–H and O–H groups in total. The van der Waals surface area contributed by atoms with Crippen LogP contribution in [0.15, 0.2) is 63.9 Å². The van der Waals surface area contributed by atoms with Gasteiger partial charge in [0, 0.05) is 5.56 Å². The zero-order chi connectivity index (χ0) is 14.7. The van der Waals surface area contributed by atoms with E-state index in [9.17, 15) is 4.79 Å². The van der Waals surface area contributed by atoms with Gasteiger partial charge >= 0.3 is 5.76 Å². The molecule has 0 unspecified atom stereocenters. The molecular formula is C16H14N2O3. The topological polar surface area (TPSA) is 57.3 Å². The zero-order valence-electron chi connectivity index (χ0n) is 11.5. The number of aromatic nitrogens is 2. The lowest BCUT2D eigenvalue weighted by Crippen LogP contribution is -2.16. The van der Waals surface area contributed by atoms with Crippen LogP contribution < -0.4 is 10.5 Å². The molecule has 0 saturated heterocycles. The third-order valence-electron chi connectivity index (χ3n) is 3.22. The van der Waals surface area contributed by atoms with Gasteiger partial charge in [0.05, 0.1) is 13.7 Å². The summed E-state index contributed by atoms with van der Waals surface area (Å²) in [5.41, 5.74) is 1.81. The van der Waals surface area contributed by atoms with Crippen LogP contribution >= 0.6 is 0 Å². The first-order valence-electron chi connectivity index (χ1n) is 6.53. The lowest BCUT2D eigenvalue weighted by Gasteiger charge is -2.05. The highest BCUT2D eigenvalue weighted by Gasteiger charge is 2.13. The van der Waals surface area contributed by atoms with E-state index in [4.69, 9.17) is 9.26 Å². The Labute approximate surface area is 121 Å². The molecule has 2 aromatic carbocycles. The summed E-state index contributed by atoms with van der Waals surface area (Å²) in [6.07, 6.45) is 0. The highest BCUT2D eigenvalue weighted by atomic mass is 16.5. The quantitative estimate of drug-likeness (QED) is 0.738. The minimum atomic E-state index is -0.468. The molecular weight excluding hydrogens is 268 g/mol. The first-order chi connectivity index (χ1) is 10.3. The van der Waals surface area contributed by atoms with Crippen LogP contribution in [0.2, 0.25) is 0 Å². The molecule has 0 atom stereocenters. The fourth-order valence-electron chi connectivity index (χ4n) is 2.12. The van der Waals surface area contributed by atoms with Crippen LogP contribution in [-0.2, 0) is 6.54 Å². The van der Waals surface area contributed by atoms with E-state index in [-0.39, 0.29) is 0 Å². The Balaban J connectivity index is 1.98. The van der Waals surface area contributed by atoms with Crippen LogP contribution in [0.3, 0.4) is 0 Å². The first kappa shape index (κ1) is 13.2. The predicted molar refractivity (Wildman–Crippen MR) is 78.3 cm³/mol. The molecule has 5 nitrogen and oxygen atoms in total. The fourth-order valence-corrected chi connectivity index (χ4v) is 2.12. The Morgan fingerprint density at radius 2 is 1.81 bits per heavy atom. The molecule has 1 aromatic heterocycles. The number of rotatable bonds is 4. The summed E-state index contributed by atoms with van der Waals surface area (Å²) >= 11 is 0. The minimum absolute atomic E-state index is 0.421. The normalized spacial score (nSPS) is 10.5. The highest BCUT2D eigenvalue weighted by molar-refractivity contribution is 5.56. The van der Waals surface area contributed by atoms with Crippen molar-refractivity contribution >= 4 is 0 Å². The molecule has 0 aliphatic carbocycles. The van der Waals surface area contributed by atoms with Crippen LogP contribution in [0.1, 0.15) is 5.56 Å². The third-order valence-corrected chi connectivity index (χ3v) is 3.22. The first-order valence-corrected chi connectivity index (χ1v) is 6.53. The SMILES string of the molecule is COc1ccc(-c2noc(=O)n2Cc2ccccc2)cc1. The van der Waals surface area contributed by atoms with Crippen molar-refractivity contribution in [3.05, 3.63) is 70.7 Å². The van der Waals surface area contributed by atoms with E-state index in [0.717, 1.165) is 16.9 Å². The second kappa shape index (κ2) is 5.66. The second-order valence-electron chi connectivity index (χ2n) is 4.57. The molecule has 0 saturated carbocycles. The van der Waals surface area contributed by atoms with Gasteiger partial charge in [-0.25, -0.2) is 4.79 Å². The summed E-state index contributed by atoms with van der Waals surface area (Å²) in [5, 5.41) is 3.87. The lowest BCUT2D eigenvalue weighted by molar-refractivity contribution is 0.378. The molecule has 0 aliphatic heterocycles. The Morgan fingerprint density at radius 3 is 2.48 bits per heavy atom. The smallest absolute Gasteiger partial charge is 0.442 e. The summed E-state index contributed by atoms with van der Waals surface area (Å²) in [6, 6.07) is 17.0. The maximum Gasteiger partial charge on any atom is 0.442 e. The van der Waals surface area contributed by atoms with Crippen molar-refractivity contribution in [2.75, 3.05) is 7.11 Å². The van der Waals surface area contributed by atoms with Gasteiger partial charge in [-0.2, -0.15) is 0 Å². The monoisotopic (exact) mass is 282 g/mol. The molecule has 0 bridgehead atoms. The van der Waals surface area contributed by atoms with Crippen molar-refractivity contribution < 1.29 is 9.26 Å². The van der Waals surface area contributed by atoms with Crippen molar-refractivity contribution in [1.82, 2.24) is 9.72 Å². The lowest BCUT2D eigenvalue weighted by atomic mass is 10.2. The van der Waals surface area contributed by atoms with Gasteiger partial charge in [0.15, 0.2) is 5.82 Å². The van der Waals surface area contributed by atoms with E-state index in [0.29, 0.717) is 12.4 Å². The average molecular weight is 282 g/mol. The van der Waals surface area contributed by atoms with E-state index in [1.807, 2.05) is 54.6 Å². The van der Waals surface area contributed by atoms with Gasteiger partial charge in [0.1, 0.15) is 5.75 Å². The maximum absolute atomic E-state index is 11.8. The van der Waals surface area contributed by atoms with E-state index in [1.165, 1.54) is 4.57 Å². The number of ether oxygens (including phenoxy) is 1. The number of nitrogens with zero attached hydrogens (tertiary/aromatic N) is 2. The Hall–Kier alpha value is -2.82. The van der Waals surface area contributed by atoms with Crippen molar-refractivity contribution in [2.24, 2.45) is 0 Å². The van der Waals surface area contributed by atoms with Crippen molar-refractivity contribution in [3.63, 3.8) is 0 Å². The van der Waals surface area contributed by atoms with E-state index in [1.54, 1.807) is 7.11 Å². The van der Waals surface area contributed by atoms with Crippen LogP contribution in [0.5, 0.6) is 5.75 Å². The Morgan fingerprint density at radius 1 is 1.10 bits per heavy atom. The predicted octanol–water partition coefficient (Wildman–Crippen LogP) is 2.56. The van der Waals surface area contributed by atoms with Gasteiger partial charge in [-0.05, 0) is 29.8 Å². The van der Waals surface area contributed by atoms with Crippen molar-refractivity contribution in [1.29, 1.82) is 0 Å². The highest BCUT2D eigenvalue weighted by Crippen LogP contribution is 2.20. The van der Waals surface area contributed by atoms with Gasteiger partial charge in [-0.3, -0.25) is 9.09 Å². The second-order valence-corrected chi connectivity index (χ2v) is 4.57. The van der Waals surface area contributed by atoms with Crippen molar-refractivity contribution in [2.45, 2.75) is 6.54 Å². The Kier molecular flexibility index (Phi) is 3.55. The minimum Gasteiger partial charge on any atom is -0.497 e. The molecule has 21 heavy (non-hydrogen) atoms. The summed E-state index contributed by atoms with van der Waals surface area (Å²) in [5.74, 6) is 0.787. The van der Waals surface area contributed by atoms with Crippen LogP contribution in [0, 0.1) is 0 Å². The Bertz CT molecular complexity index is 773. The zero-order valence-corrected chi connectivity index (χ0v) is 11.5. The number of hydrogen-bond acceptors (Lipinski definition) is 4. The molecule has 3 rings (SSSR count). The molecule has 0 fully saturated rings. The van der Waals surface area contributed by atoms with Crippen LogP contribution in [0.4, 0.5) is 0 Å². The van der Waals surface area contributed by atoms with Gasteiger partial charge in [-0.1, -0.05) is 35.5 Å². The molecule has 0 radical (unpaired) electrons. The average Bonchev–Trinajstić information content (AvgIpc) is 2.90. The van der Waals surface area contributed by atoms with Gasteiger partial charge in [-0.15, -0.1) is 0 Å². The molecule has 0 aliphatic rings. The molecule has 0 spiro atoms. The summed E-state index contributed by atoms with van der Waals surface area (Å²) in [6.45, 7) is 0.421. The summed E-state index contributed by atoms with van der Waals surface area (Å²) < 4.78 is 11.4. The molecule has 106 valence electrons. The van der Waals surface area contributed by atoms with Crippen molar-refractivity contribution in [3.8, 4) is 17.1 Å². The molecule has 1 heterocycles. The van der Waals surface area contributed by atoms with Gasteiger partial charge in [0.25, 0.3) is 0 Å². The number of hydrogen-bond donors (Lipinski definition) is 0. The van der Waals surface area contributed by atoms with E-state index < -0.39 is 5.76 Å². The summed E-state index contributed by atoms with van der Waals surface area (Å²) in [7, 11) is 1.61. The van der Waals surface area contributed by atoms with E-state index in [2.05, 4.69) is 5.16 Å². The number of methoxy groups -OCH3 is 1.